The molecule has 1 atom stereocenters. The zero-order valence-corrected chi connectivity index (χ0v) is 13.8. The van der Waals surface area contributed by atoms with Gasteiger partial charge in [-0.2, -0.15) is 0 Å². The SMILES string of the molecule is CC(C)CC(CN)CC(=O)N(C)CC1CCN(C)CC1. The van der Waals surface area contributed by atoms with E-state index < -0.39 is 0 Å². The van der Waals surface area contributed by atoms with E-state index in [0.717, 1.165) is 26.1 Å². The molecule has 20 heavy (non-hydrogen) atoms. The highest BCUT2D eigenvalue weighted by atomic mass is 16.2. The number of carbonyl (C=O) groups excluding carboxylic acids is 1. The van der Waals surface area contributed by atoms with Gasteiger partial charge in [0, 0.05) is 20.0 Å². The topological polar surface area (TPSA) is 49.6 Å². The quantitative estimate of drug-likeness (QED) is 0.775. The van der Waals surface area contributed by atoms with Crippen LogP contribution in [0.25, 0.3) is 0 Å². The molecule has 1 aliphatic heterocycles. The van der Waals surface area contributed by atoms with Crippen molar-refractivity contribution in [1.82, 2.24) is 9.80 Å². The van der Waals surface area contributed by atoms with E-state index in [-0.39, 0.29) is 5.91 Å². The number of amides is 1. The third kappa shape index (κ3) is 6.23. The van der Waals surface area contributed by atoms with Gasteiger partial charge in [0.1, 0.15) is 0 Å². The van der Waals surface area contributed by atoms with Crippen molar-refractivity contribution in [1.29, 1.82) is 0 Å². The summed E-state index contributed by atoms with van der Waals surface area (Å²) in [5, 5.41) is 0. The van der Waals surface area contributed by atoms with Crippen LogP contribution in [0.15, 0.2) is 0 Å². The Bertz CT molecular complexity index is 285. The van der Waals surface area contributed by atoms with Gasteiger partial charge >= 0.3 is 0 Å². The predicted molar refractivity (Wildman–Crippen MR) is 84.5 cm³/mol. The van der Waals surface area contributed by atoms with E-state index in [2.05, 4.69) is 25.8 Å². The van der Waals surface area contributed by atoms with Crippen LogP contribution in [0.3, 0.4) is 0 Å². The first-order chi connectivity index (χ1) is 9.42. The molecule has 0 spiro atoms. The van der Waals surface area contributed by atoms with Crippen LogP contribution in [0.1, 0.15) is 39.5 Å². The maximum Gasteiger partial charge on any atom is 0.222 e. The molecule has 1 amide bonds. The van der Waals surface area contributed by atoms with Gasteiger partial charge in [-0.15, -0.1) is 0 Å². The highest BCUT2D eigenvalue weighted by molar-refractivity contribution is 5.76. The fraction of sp³-hybridized carbons (Fsp3) is 0.938. The Kier molecular flexibility index (Phi) is 7.52. The van der Waals surface area contributed by atoms with E-state index in [1.165, 1.54) is 12.8 Å². The van der Waals surface area contributed by atoms with Crippen LogP contribution < -0.4 is 5.73 Å². The van der Waals surface area contributed by atoms with Crippen LogP contribution in [0.2, 0.25) is 0 Å². The molecule has 1 aliphatic rings. The van der Waals surface area contributed by atoms with Gasteiger partial charge in [-0.1, -0.05) is 13.8 Å². The number of carbonyl (C=O) groups is 1. The van der Waals surface area contributed by atoms with Crippen molar-refractivity contribution in [2.75, 3.05) is 40.3 Å². The Morgan fingerprint density at radius 3 is 2.45 bits per heavy atom. The molecule has 1 rings (SSSR count). The standard InChI is InChI=1S/C16H33N3O/c1-13(2)9-15(11-17)10-16(20)19(4)12-14-5-7-18(3)8-6-14/h13-15H,5-12,17H2,1-4H3. The summed E-state index contributed by atoms with van der Waals surface area (Å²) in [6.45, 7) is 8.22. The van der Waals surface area contributed by atoms with E-state index in [4.69, 9.17) is 5.73 Å². The van der Waals surface area contributed by atoms with Crippen molar-refractivity contribution < 1.29 is 4.79 Å². The summed E-state index contributed by atoms with van der Waals surface area (Å²) in [6.07, 6.45) is 4.07. The molecule has 118 valence electrons. The van der Waals surface area contributed by atoms with Crippen LogP contribution in [-0.2, 0) is 4.79 Å². The molecule has 0 aromatic heterocycles. The highest BCUT2D eigenvalue weighted by Crippen LogP contribution is 2.19. The largest absolute Gasteiger partial charge is 0.345 e. The lowest BCUT2D eigenvalue weighted by Crippen LogP contribution is -2.38. The molecule has 1 fully saturated rings. The van der Waals surface area contributed by atoms with E-state index in [0.29, 0.717) is 30.7 Å². The molecule has 0 saturated carbocycles. The first kappa shape index (κ1) is 17.4. The molecule has 1 heterocycles. The number of hydrogen-bond acceptors (Lipinski definition) is 3. The zero-order valence-electron chi connectivity index (χ0n) is 13.8. The van der Waals surface area contributed by atoms with Crippen LogP contribution >= 0.6 is 0 Å². The first-order valence-electron chi connectivity index (χ1n) is 8.05. The van der Waals surface area contributed by atoms with Gasteiger partial charge in [0.2, 0.25) is 5.91 Å². The van der Waals surface area contributed by atoms with E-state index in [1.54, 1.807) is 0 Å². The third-order valence-electron chi connectivity index (χ3n) is 4.40. The number of hydrogen-bond donors (Lipinski definition) is 1. The number of piperidine rings is 1. The maximum atomic E-state index is 12.3. The molecule has 4 nitrogen and oxygen atoms in total. The first-order valence-corrected chi connectivity index (χ1v) is 8.05. The lowest BCUT2D eigenvalue weighted by atomic mass is 9.93. The molecule has 0 aliphatic carbocycles. The Hall–Kier alpha value is -0.610. The van der Waals surface area contributed by atoms with Crippen molar-refractivity contribution in [3.63, 3.8) is 0 Å². The minimum atomic E-state index is 0.264. The Labute approximate surface area is 124 Å². The van der Waals surface area contributed by atoms with E-state index in [1.807, 2.05) is 11.9 Å². The minimum absolute atomic E-state index is 0.264. The summed E-state index contributed by atoms with van der Waals surface area (Å²) in [7, 11) is 4.12. The van der Waals surface area contributed by atoms with Gasteiger partial charge in [0.15, 0.2) is 0 Å². The molecule has 4 heteroatoms. The van der Waals surface area contributed by atoms with Crippen molar-refractivity contribution in [3.05, 3.63) is 0 Å². The smallest absolute Gasteiger partial charge is 0.222 e. The maximum absolute atomic E-state index is 12.3. The third-order valence-corrected chi connectivity index (χ3v) is 4.40. The van der Waals surface area contributed by atoms with Crippen molar-refractivity contribution in [2.24, 2.45) is 23.5 Å². The molecule has 1 unspecified atom stereocenters. The van der Waals surface area contributed by atoms with Crippen LogP contribution in [0, 0.1) is 17.8 Å². The summed E-state index contributed by atoms with van der Waals surface area (Å²) in [5.74, 6) is 1.87. The fourth-order valence-electron chi connectivity index (χ4n) is 3.07. The molecule has 0 aromatic rings. The fourth-order valence-corrected chi connectivity index (χ4v) is 3.07. The lowest BCUT2D eigenvalue weighted by molar-refractivity contribution is -0.131. The molecular formula is C16H33N3O. The second-order valence-corrected chi connectivity index (χ2v) is 6.96. The Balaban J connectivity index is 2.34. The second-order valence-electron chi connectivity index (χ2n) is 6.96. The normalized spacial score (nSPS) is 19.3. The summed E-state index contributed by atoms with van der Waals surface area (Å²) < 4.78 is 0. The summed E-state index contributed by atoms with van der Waals surface area (Å²) in [6, 6.07) is 0. The van der Waals surface area contributed by atoms with Gasteiger partial charge in [0.25, 0.3) is 0 Å². The summed E-state index contributed by atoms with van der Waals surface area (Å²) >= 11 is 0. The number of likely N-dealkylation sites (tertiary alicyclic amines) is 1. The van der Waals surface area contributed by atoms with E-state index >= 15 is 0 Å². The predicted octanol–water partition coefficient (Wildman–Crippen LogP) is 1.80. The highest BCUT2D eigenvalue weighted by Gasteiger charge is 2.22. The minimum Gasteiger partial charge on any atom is -0.345 e. The lowest BCUT2D eigenvalue weighted by Gasteiger charge is -2.32. The van der Waals surface area contributed by atoms with Crippen molar-refractivity contribution in [2.45, 2.75) is 39.5 Å². The second kappa shape index (κ2) is 8.63. The van der Waals surface area contributed by atoms with Gasteiger partial charge in [-0.05, 0) is 63.7 Å². The molecule has 0 aromatic carbocycles. The summed E-state index contributed by atoms with van der Waals surface area (Å²) in [4.78, 5) is 16.6. The molecule has 2 N–H and O–H groups in total. The van der Waals surface area contributed by atoms with E-state index in [9.17, 15) is 4.79 Å². The Morgan fingerprint density at radius 2 is 1.95 bits per heavy atom. The van der Waals surface area contributed by atoms with Crippen LogP contribution in [0.5, 0.6) is 0 Å². The molecular weight excluding hydrogens is 250 g/mol. The average molecular weight is 283 g/mol. The molecule has 0 bridgehead atoms. The monoisotopic (exact) mass is 283 g/mol. The molecule has 0 radical (unpaired) electrons. The van der Waals surface area contributed by atoms with Crippen LogP contribution in [-0.4, -0.2) is 56.0 Å². The van der Waals surface area contributed by atoms with Crippen LogP contribution in [0.4, 0.5) is 0 Å². The number of rotatable bonds is 7. The number of nitrogens with zero attached hydrogens (tertiary/aromatic N) is 2. The number of nitrogens with two attached hydrogens (primary N) is 1. The zero-order chi connectivity index (χ0) is 15.1. The van der Waals surface area contributed by atoms with Crippen molar-refractivity contribution >= 4 is 5.91 Å². The Morgan fingerprint density at radius 1 is 1.35 bits per heavy atom. The van der Waals surface area contributed by atoms with Gasteiger partial charge in [-0.3, -0.25) is 4.79 Å². The van der Waals surface area contributed by atoms with Gasteiger partial charge in [0.05, 0.1) is 0 Å². The molecule has 1 saturated heterocycles. The van der Waals surface area contributed by atoms with Gasteiger partial charge < -0.3 is 15.5 Å². The van der Waals surface area contributed by atoms with Gasteiger partial charge in [-0.25, -0.2) is 0 Å². The van der Waals surface area contributed by atoms with Crippen molar-refractivity contribution in [3.8, 4) is 0 Å². The average Bonchev–Trinajstić information content (AvgIpc) is 2.39. The summed E-state index contributed by atoms with van der Waals surface area (Å²) in [5.41, 5.74) is 5.79.